The fourth-order valence-electron chi connectivity index (χ4n) is 3.79. The van der Waals surface area contributed by atoms with Crippen molar-refractivity contribution in [3.8, 4) is 17.2 Å². The van der Waals surface area contributed by atoms with Gasteiger partial charge in [0.05, 0.1) is 29.9 Å². The Bertz CT molecular complexity index is 1240. The fraction of sp³-hybridized carbons (Fsp3) is 0.267. The van der Waals surface area contributed by atoms with Crippen LogP contribution in [0.5, 0.6) is 0 Å². The number of carbonyl (C=O) groups is 1. The molecular formula is C30H30N2O2S. The molecule has 0 radical (unpaired) electrons. The maximum atomic E-state index is 13.7. The molecule has 2 aromatic rings. The fourth-order valence-corrected chi connectivity index (χ4v) is 4.69. The minimum Gasteiger partial charge on any atom is -0.381 e. The van der Waals surface area contributed by atoms with Crippen LogP contribution in [-0.2, 0) is 11.2 Å². The molecule has 0 unspecified atom stereocenters. The molecule has 0 atom stereocenters. The molecule has 178 valence electrons. The standard InChI is InChI=1S/C30H30N2O2S/c1-3-5-6-9-22-11-14-24(15-12-22)26-16-13-23(21-31)20-27(26)29(33)28(8-4-2)35-30(32)25-10-7-18-34-19-17-25/h3-5,10-16,20,32H,6-7,9,17-19H2,1-2H3/b5-3+,32-30?. The maximum Gasteiger partial charge on any atom is 0.208 e. The summed E-state index contributed by atoms with van der Waals surface area (Å²) in [5, 5.41) is 18.4. The number of allylic oxidation sites excluding steroid dienone is 3. The van der Waals surface area contributed by atoms with E-state index >= 15 is 0 Å². The molecule has 0 aromatic heterocycles. The van der Waals surface area contributed by atoms with E-state index < -0.39 is 0 Å². The molecule has 4 nitrogen and oxygen atoms in total. The van der Waals surface area contributed by atoms with Gasteiger partial charge < -0.3 is 4.74 Å². The summed E-state index contributed by atoms with van der Waals surface area (Å²) in [5.41, 5.74) is 7.68. The number of ether oxygens (including phenoxy) is 1. The first-order valence-electron chi connectivity index (χ1n) is 11.8. The monoisotopic (exact) mass is 482 g/mol. The predicted molar refractivity (Wildman–Crippen MR) is 145 cm³/mol. The number of rotatable bonds is 8. The zero-order chi connectivity index (χ0) is 25.0. The second kappa shape index (κ2) is 13.5. The van der Waals surface area contributed by atoms with Crippen LogP contribution in [0.25, 0.3) is 11.1 Å². The molecule has 35 heavy (non-hydrogen) atoms. The number of nitriles is 1. The van der Waals surface area contributed by atoms with Crippen molar-refractivity contribution < 1.29 is 9.53 Å². The van der Waals surface area contributed by atoms with Crippen molar-refractivity contribution in [2.24, 2.45) is 0 Å². The molecule has 0 amide bonds. The summed E-state index contributed by atoms with van der Waals surface area (Å²) in [7, 11) is 0. The lowest BCUT2D eigenvalue weighted by molar-refractivity contribution is 0.104. The van der Waals surface area contributed by atoms with Gasteiger partial charge in [0.15, 0.2) is 0 Å². The van der Waals surface area contributed by atoms with Crippen molar-refractivity contribution in [3.05, 3.63) is 99.7 Å². The number of hydrogen-bond acceptors (Lipinski definition) is 5. The van der Waals surface area contributed by atoms with Crippen molar-refractivity contribution in [1.82, 2.24) is 0 Å². The van der Waals surface area contributed by atoms with E-state index in [2.05, 4.69) is 36.1 Å². The molecule has 5 heteroatoms. The van der Waals surface area contributed by atoms with E-state index in [9.17, 15) is 10.1 Å². The first kappa shape index (κ1) is 26.2. The van der Waals surface area contributed by atoms with E-state index in [1.54, 1.807) is 25.1 Å². The Hall–Kier alpha value is -3.42. The highest BCUT2D eigenvalue weighted by Crippen LogP contribution is 2.32. The maximum absolute atomic E-state index is 13.7. The number of thioether (sulfide) groups is 1. The van der Waals surface area contributed by atoms with Gasteiger partial charge in [0, 0.05) is 5.56 Å². The lowest BCUT2D eigenvalue weighted by atomic mass is 9.94. The molecule has 0 saturated heterocycles. The van der Waals surface area contributed by atoms with Gasteiger partial charge in [-0.1, -0.05) is 60.3 Å². The quantitative estimate of drug-likeness (QED) is 0.106. The first-order valence-corrected chi connectivity index (χ1v) is 12.6. The number of ketones is 1. The van der Waals surface area contributed by atoms with Crippen LogP contribution in [0, 0.1) is 16.7 Å². The summed E-state index contributed by atoms with van der Waals surface area (Å²) >= 11 is 1.11. The summed E-state index contributed by atoms with van der Waals surface area (Å²) in [6, 6.07) is 15.5. The highest BCUT2D eigenvalue weighted by Gasteiger charge is 2.21. The van der Waals surface area contributed by atoms with Crippen LogP contribution in [0.2, 0.25) is 0 Å². The normalized spacial score (nSPS) is 13.3. The highest BCUT2D eigenvalue weighted by molar-refractivity contribution is 8.18. The van der Waals surface area contributed by atoms with Crippen LogP contribution in [0.3, 0.4) is 0 Å². The van der Waals surface area contributed by atoms with Crippen LogP contribution in [0.4, 0.5) is 0 Å². The predicted octanol–water partition coefficient (Wildman–Crippen LogP) is 7.42. The van der Waals surface area contributed by atoms with Crippen LogP contribution in [0.15, 0.2) is 83.0 Å². The molecule has 1 aliphatic heterocycles. The van der Waals surface area contributed by atoms with Crippen molar-refractivity contribution in [2.45, 2.75) is 39.5 Å². The first-order chi connectivity index (χ1) is 17.1. The van der Waals surface area contributed by atoms with Gasteiger partial charge >= 0.3 is 0 Å². The topological polar surface area (TPSA) is 73.9 Å². The molecule has 1 heterocycles. The van der Waals surface area contributed by atoms with E-state index in [4.69, 9.17) is 10.1 Å². The van der Waals surface area contributed by atoms with Crippen molar-refractivity contribution in [2.75, 3.05) is 13.2 Å². The minimum absolute atomic E-state index is 0.243. The Morgan fingerprint density at radius 2 is 1.97 bits per heavy atom. The Labute approximate surface area is 212 Å². The summed E-state index contributed by atoms with van der Waals surface area (Å²) in [4.78, 5) is 14.1. The number of Topliss-reactive ketones (excluding diaryl/α,β-unsaturated/α-hetero) is 1. The number of hydrogen-bond donors (Lipinski definition) is 1. The van der Waals surface area contributed by atoms with Crippen molar-refractivity contribution in [1.29, 1.82) is 10.7 Å². The van der Waals surface area contributed by atoms with Gasteiger partial charge in [0.2, 0.25) is 5.78 Å². The Balaban J connectivity index is 1.93. The molecule has 0 bridgehead atoms. The summed E-state index contributed by atoms with van der Waals surface area (Å²) in [6.07, 6.45) is 11.2. The molecule has 2 aromatic carbocycles. The number of aryl methyl sites for hydroxylation is 1. The third-order valence-electron chi connectivity index (χ3n) is 5.64. The molecular weight excluding hydrogens is 452 g/mol. The second-order valence-corrected chi connectivity index (χ2v) is 9.10. The summed E-state index contributed by atoms with van der Waals surface area (Å²) < 4.78 is 5.48. The Morgan fingerprint density at radius 3 is 2.69 bits per heavy atom. The lowest BCUT2D eigenvalue weighted by Crippen LogP contribution is -2.07. The van der Waals surface area contributed by atoms with Gasteiger partial charge in [-0.05, 0) is 80.0 Å². The van der Waals surface area contributed by atoms with Crippen molar-refractivity contribution in [3.63, 3.8) is 0 Å². The molecule has 1 aliphatic rings. The van der Waals surface area contributed by atoms with Gasteiger partial charge in [-0.15, -0.1) is 5.73 Å². The van der Waals surface area contributed by atoms with Crippen LogP contribution < -0.4 is 0 Å². The Kier molecular flexibility index (Phi) is 10.1. The van der Waals surface area contributed by atoms with E-state index in [0.29, 0.717) is 40.7 Å². The van der Waals surface area contributed by atoms with E-state index in [-0.39, 0.29) is 5.78 Å². The molecule has 3 rings (SSSR count). The van der Waals surface area contributed by atoms with Crippen LogP contribution >= 0.6 is 11.8 Å². The molecule has 0 aliphatic carbocycles. The molecule has 0 saturated carbocycles. The average Bonchev–Trinajstić information content (AvgIpc) is 3.18. The number of carbonyl (C=O) groups excluding carboxylic acids is 1. The van der Waals surface area contributed by atoms with Gasteiger partial charge in [0.25, 0.3) is 0 Å². The third-order valence-corrected chi connectivity index (χ3v) is 6.61. The van der Waals surface area contributed by atoms with Gasteiger partial charge in [-0.2, -0.15) is 5.26 Å². The SMILES string of the molecule is CC=C=C(SC(=N)C1=CCCOCC1)C(=O)c1cc(C#N)ccc1-c1ccc(CC/C=C/C)cc1. The summed E-state index contributed by atoms with van der Waals surface area (Å²) in [6.45, 7) is 5.04. The zero-order valence-electron chi connectivity index (χ0n) is 20.3. The molecule has 1 N–H and O–H groups in total. The smallest absolute Gasteiger partial charge is 0.208 e. The number of nitrogens with one attached hydrogen (secondary N) is 1. The Morgan fingerprint density at radius 1 is 1.17 bits per heavy atom. The largest absolute Gasteiger partial charge is 0.381 e. The second-order valence-electron chi connectivity index (χ2n) is 8.08. The average molecular weight is 483 g/mol. The van der Waals surface area contributed by atoms with E-state index in [1.165, 1.54) is 5.56 Å². The molecule has 0 spiro atoms. The minimum atomic E-state index is -0.243. The van der Waals surface area contributed by atoms with E-state index in [1.807, 2.05) is 31.2 Å². The zero-order valence-corrected chi connectivity index (χ0v) is 21.1. The van der Waals surface area contributed by atoms with E-state index in [0.717, 1.165) is 47.7 Å². The van der Waals surface area contributed by atoms with Crippen LogP contribution in [0.1, 0.15) is 54.6 Å². The summed E-state index contributed by atoms with van der Waals surface area (Å²) in [5.74, 6) is -0.243. The third kappa shape index (κ3) is 7.28. The van der Waals surface area contributed by atoms with Gasteiger partial charge in [0.1, 0.15) is 4.91 Å². The van der Waals surface area contributed by atoms with Gasteiger partial charge in [-0.3, -0.25) is 10.2 Å². The highest BCUT2D eigenvalue weighted by atomic mass is 32.2. The number of benzene rings is 2. The molecule has 0 fully saturated rings. The lowest BCUT2D eigenvalue weighted by Gasteiger charge is -2.13. The van der Waals surface area contributed by atoms with Crippen molar-refractivity contribution >= 4 is 22.6 Å². The number of nitrogens with zero attached hydrogens (tertiary/aromatic N) is 1. The van der Waals surface area contributed by atoms with Crippen LogP contribution in [-0.4, -0.2) is 24.0 Å². The van der Waals surface area contributed by atoms with Gasteiger partial charge in [-0.25, -0.2) is 0 Å².